The summed E-state index contributed by atoms with van der Waals surface area (Å²) in [5.41, 5.74) is 1.05. The zero-order valence-electron chi connectivity index (χ0n) is 17.7. The standard InChI is InChI=1S/C22H27N5O4/c1-3-16(21(29)25-14(12-23)10-13-6-5-9-24-20(13)28)27-22(30)18-11-15-17(26-18)7-4-8-19(15)31-2/h4,7-8,11,13-14,16,26H,3,5-6,9-10H2,1-2H3,(H,24,28)(H,25,29)(H,27,30). The summed E-state index contributed by atoms with van der Waals surface area (Å²) in [6.07, 6.45) is 2.15. The smallest absolute Gasteiger partial charge is 0.268 e. The fraction of sp³-hybridized carbons (Fsp3) is 0.455. The molecule has 3 rings (SSSR count). The minimum Gasteiger partial charge on any atom is -0.496 e. The van der Waals surface area contributed by atoms with Gasteiger partial charge in [-0.25, -0.2) is 0 Å². The molecule has 1 aromatic heterocycles. The van der Waals surface area contributed by atoms with Gasteiger partial charge in [-0.3, -0.25) is 14.4 Å². The fourth-order valence-electron chi connectivity index (χ4n) is 3.78. The number of nitrogens with one attached hydrogen (secondary N) is 4. The molecule has 3 unspecified atom stereocenters. The minimum atomic E-state index is -0.808. The number of rotatable bonds is 8. The van der Waals surface area contributed by atoms with Crippen molar-refractivity contribution in [3.63, 3.8) is 0 Å². The lowest BCUT2D eigenvalue weighted by molar-refractivity contribution is -0.128. The SMILES string of the molecule is CCC(NC(=O)c1cc2c(OC)cccc2[nH]1)C(=O)NC(C#N)CC1CCCNC1=O. The topological polar surface area (TPSA) is 136 Å². The number of H-pyrrole nitrogens is 1. The van der Waals surface area contributed by atoms with Crippen LogP contribution in [0.3, 0.4) is 0 Å². The van der Waals surface area contributed by atoms with Crippen LogP contribution in [0.4, 0.5) is 0 Å². The zero-order chi connectivity index (χ0) is 22.4. The molecular weight excluding hydrogens is 398 g/mol. The number of hydrogen-bond donors (Lipinski definition) is 4. The second kappa shape index (κ2) is 9.98. The predicted octanol–water partition coefficient (Wildman–Crippen LogP) is 1.61. The van der Waals surface area contributed by atoms with Gasteiger partial charge in [-0.2, -0.15) is 5.26 Å². The van der Waals surface area contributed by atoms with Gasteiger partial charge in [-0.05, 0) is 43.9 Å². The molecule has 31 heavy (non-hydrogen) atoms. The summed E-state index contributed by atoms with van der Waals surface area (Å²) in [6.45, 7) is 2.41. The number of hydrogen-bond acceptors (Lipinski definition) is 5. The Morgan fingerprint density at radius 3 is 2.84 bits per heavy atom. The van der Waals surface area contributed by atoms with E-state index in [-0.39, 0.29) is 18.2 Å². The van der Waals surface area contributed by atoms with Gasteiger partial charge in [0.25, 0.3) is 5.91 Å². The van der Waals surface area contributed by atoms with Crippen LogP contribution in [0.1, 0.15) is 43.1 Å². The maximum Gasteiger partial charge on any atom is 0.268 e. The van der Waals surface area contributed by atoms with Crippen LogP contribution < -0.4 is 20.7 Å². The van der Waals surface area contributed by atoms with Crippen LogP contribution in [0.5, 0.6) is 5.75 Å². The molecule has 1 aliphatic rings. The number of aromatic amines is 1. The number of amides is 3. The second-order valence-corrected chi connectivity index (χ2v) is 7.59. The molecule has 0 spiro atoms. The molecule has 2 aromatic rings. The molecule has 9 heteroatoms. The largest absolute Gasteiger partial charge is 0.496 e. The molecule has 1 fully saturated rings. The van der Waals surface area contributed by atoms with E-state index in [4.69, 9.17) is 4.74 Å². The summed E-state index contributed by atoms with van der Waals surface area (Å²) in [5.74, 6) is -0.626. The van der Waals surface area contributed by atoms with Gasteiger partial charge in [0.2, 0.25) is 11.8 Å². The lowest BCUT2D eigenvalue weighted by Crippen LogP contribution is -2.50. The van der Waals surface area contributed by atoms with Crippen LogP contribution in [0.25, 0.3) is 10.9 Å². The Hall–Kier alpha value is -3.54. The van der Waals surface area contributed by atoms with Gasteiger partial charge in [-0.15, -0.1) is 0 Å². The van der Waals surface area contributed by atoms with Crippen LogP contribution >= 0.6 is 0 Å². The molecule has 1 aromatic carbocycles. The number of benzene rings is 1. The number of carbonyl (C=O) groups is 3. The Morgan fingerprint density at radius 1 is 1.35 bits per heavy atom. The van der Waals surface area contributed by atoms with Crippen molar-refractivity contribution in [3.8, 4) is 11.8 Å². The number of methoxy groups -OCH3 is 1. The Morgan fingerprint density at radius 2 is 2.16 bits per heavy atom. The van der Waals surface area contributed by atoms with Crippen LogP contribution in [0.2, 0.25) is 0 Å². The average molecular weight is 425 g/mol. The number of aromatic nitrogens is 1. The summed E-state index contributed by atoms with van der Waals surface area (Å²) in [6, 6.07) is 7.56. The molecule has 0 saturated carbocycles. The van der Waals surface area contributed by atoms with Crippen molar-refractivity contribution in [3.05, 3.63) is 30.0 Å². The van der Waals surface area contributed by atoms with Crippen molar-refractivity contribution in [1.29, 1.82) is 5.26 Å². The molecule has 3 atom stereocenters. The van der Waals surface area contributed by atoms with E-state index in [9.17, 15) is 19.6 Å². The third kappa shape index (κ3) is 5.15. The molecule has 1 saturated heterocycles. The first kappa shape index (κ1) is 22.2. The number of nitrogens with zero attached hydrogens (tertiary/aromatic N) is 1. The summed E-state index contributed by atoms with van der Waals surface area (Å²) in [4.78, 5) is 40.4. The van der Waals surface area contributed by atoms with Crippen LogP contribution in [-0.2, 0) is 9.59 Å². The van der Waals surface area contributed by atoms with E-state index in [0.717, 1.165) is 17.3 Å². The Kier molecular flexibility index (Phi) is 7.13. The first-order chi connectivity index (χ1) is 15.0. The molecule has 2 heterocycles. The molecule has 4 N–H and O–H groups in total. The van der Waals surface area contributed by atoms with Gasteiger partial charge in [0.05, 0.1) is 13.2 Å². The summed E-state index contributed by atoms with van der Waals surface area (Å²) < 4.78 is 5.31. The number of nitriles is 1. The van der Waals surface area contributed by atoms with Crippen LogP contribution in [-0.4, -0.2) is 48.4 Å². The van der Waals surface area contributed by atoms with E-state index in [2.05, 4.69) is 27.0 Å². The average Bonchev–Trinajstić information content (AvgIpc) is 3.22. The third-order valence-electron chi connectivity index (χ3n) is 5.51. The van der Waals surface area contributed by atoms with Crippen molar-refractivity contribution < 1.29 is 19.1 Å². The highest BCUT2D eigenvalue weighted by molar-refractivity contribution is 6.01. The highest BCUT2D eigenvalue weighted by atomic mass is 16.5. The van der Waals surface area contributed by atoms with Crippen molar-refractivity contribution in [2.75, 3.05) is 13.7 Å². The molecular formula is C22H27N5O4. The van der Waals surface area contributed by atoms with E-state index in [1.54, 1.807) is 26.2 Å². The second-order valence-electron chi connectivity index (χ2n) is 7.59. The summed E-state index contributed by atoms with van der Waals surface area (Å²) in [7, 11) is 1.56. The highest BCUT2D eigenvalue weighted by Crippen LogP contribution is 2.26. The van der Waals surface area contributed by atoms with Gasteiger partial charge >= 0.3 is 0 Å². The number of fused-ring (bicyclic) bond motifs is 1. The molecule has 1 aliphatic heterocycles. The van der Waals surface area contributed by atoms with E-state index in [1.807, 2.05) is 12.1 Å². The van der Waals surface area contributed by atoms with E-state index in [0.29, 0.717) is 30.8 Å². The molecule has 164 valence electrons. The maximum atomic E-state index is 12.7. The Bertz CT molecular complexity index is 1010. The van der Waals surface area contributed by atoms with E-state index >= 15 is 0 Å². The monoisotopic (exact) mass is 425 g/mol. The van der Waals surface area contributed by atoms with Crippen molar-refractivity contribution in [1.82, 2.24) is 20.9 Å². The van der Waals surface area contributed by atoms with Gasteiger partial charge in [0, 0.05) is 23.4 Å². The van der Waals surface area contributed by atoms with Gasteiger partial charge in [0.15, 0.2) is 0 Å². The minimum absolute atomic E-state index is 0.0877. The number of carbonyl (C=O) groups excluding carboxylic acids is 3. The maximum absolute atomic E-state index is 12.7. The molecule has 0 bridgehead atoms. The number of ether oxygens (including phenoxy) is 1. The Labute approximate surface area is 180 Å². The molecule has 0 radical (unpaired) electrons. The quantitative estimate of drug-likeness (QED) is 0.509. The zero-order valence-corrected chi connectivity index (χ0v) is 17.7. The predicted molar refractivity (Wildman–Crippen MR) is 114 cm³/mol. The molecule has 3 amide bonds. The van der Waals surface area contributed by atoms with Crippen LogP contribution in [0, 0.1) is 17.2 Å². The van der Waals surface area contributed by atoms with E-state index < -0.39 is 23.9 Å². The first-order valence-corrected chi connectivity index (χ1v) is 10.4. The van der Waals surface area contributed by atoms with Crippen molar-refractivity contribution in [2.24, 2.45) is 5.92 Å². The number of piperidine rings is 1. The normalized spacial score (nSPS) is 17.8. The lowest BCUT2D eigenvalue weighted by Gasteiger charge is -2.25. The Balaban J connectivity index is 1.64. The third-order valence-corrected chi connectivity index (χ3v) is 5.51. The summed E-state index contributed by atoms with van der Waals surface area (Å²) >= 11 is 0. The fourth-order valence-corrected chi connectivity index (χ4v) is 3.78. The first-order valence-electron chi connectivity index (χ1n) is 10.4. The van der Waals surface area contributed by atoms with Crippen molar-refractivity contribution >= 4 is 28.6 Å². The van der Waals surface area contributed by atoms with Crippen molar-refractivity contribution in [2.45, 2.75) is 44.7 Å². The van der Waals surface area contributed by atoms with Gasteiger partial charge in [-0.1, -0.05) is 13.0 Å². The lowest BCUT2D eigenvalue weighted by atomic mass is 9.92. The van der Waals surface area contributed by atoms with Gasteiger partial charge < -0.3 is 25.7 Å². The molecule has 0 aliphatic carbocycles. The summed E-state index contributed by atoms with van der Waals surface area (Å²) in [5, 5.41) is 18.4. The van der Waals surface area contributed by atoms with E-state index in [1.165, 1.54) is 0 Å². The molecule has 9 nitrogen and oxygen atoms in total. The van der Waals surface area contributed by atoms with Crippen LogP contribution in [0.15, 0.2) is 24.3 Å². The highest BCUT2D eigenvalue weighted by Gasteiger charge is 2.28. The van der Waals surface area contributed by atoms with Gasteiger partial charge in [0.1, 0.15) is 23.5 Å².